The van der Waals surface area contributed by atoms with Crippen molar-refractivity contribution in [2.24, 2.45) is 17.2 Å². The molecule has 0 amide bonds. The number of hydrogen-bond donors (Lipinski definition) is 11. The van der Waals surface area contributed by atoms with Crippen LogP contribution in [0.3, 0.4) is 0 Å². The predicted octanol–water partition coefficient (Wildman–Crippen LogP) is -7.83. The molecule has 0 aromatic heterocycles. The molecule has 2 rings (SSSR count). The van der Waals surface area contributed by atoms with E-state index in [1.807, 2.05) is 0 Å². The van der Waals surface area contributed by atoms with E-state index in [2.05, 4.69) is 0 Å². The lowest BCUT2D eigenvalue weighted by atomic mass is 9.95. The molecule has 16 nitrogen and oxygen atoms in total. The van der Waals surface area contributed by atoms with Crippen LogP contribution in [0.25, 0.3) is 0 Å². The van der Waals surface area contributed by atoms with Crippen LogP contribution in [0.1, 0.15) is 0 Å². The van der Waals surface area contributed by atoms with E-state index < -0.39 is 105 Å². The molecule has 14 atom stereocenters. The smallest absolute Gasteiger partial charge is 0.176 e. The summed E-state index contributed by atoms with van der Waals surface area (Å²) in [5, 5.41) is 79.3. The molecule has 0 unspecified atom stereocenters. The molecular weight excluding hydrogens is 466 g/mol. The second-order valence-electron chi connectivity index (χ2n) is 8.23. The van der Waals surface area contributed by atoms with E-state index >= 15 is 0 Å². The monoisotopic (exact) mass is 501 g/mol. The fraction of sp³-hybridized carbons (Fsp3) is 0.944. The first-order valence-electron chi connectivity index (χ1n) is 10.6. The predicted molar refractivity (Wildman–Crippen MR) is 108 cm³/mol. The lowest BCUT2D eigenvalue weighted by Gasteiger charge is -2.47. The van der Waals surface area contributed by atoms with Crippen molar-refractivity contribution in [1.29, 1.82) is 0 Å². The lowest BCUT2D eigenvalue weighted by Crippen LogP contribution is -2.68. The third-order valence-electron chi connectivity index (χ3n) is 5.87. The van der Waals surface area contributed by atoms with Crippen LogP contribution < -0.4 is 17.2 Å². The van der Waals surface area contributed by atoms with Crippen molar-refractivity contribution in [3.63, 3.8) is 0 Å². The van der Waals surface area contributed by atoms with Gasteiger partial charge in [0.1, 0.15) is 61.2 Å². The van der Waals surface area contributed by atoms with Gasteiger partial charge < -0.3 is 81.8 Å². The van der Waals surface area contributed by atoms with Gasteiger partial charge in [0, 0.05) is 0 Å². The van der Waals surface area contributed by atoms with Crippen molar-refractivity contribution >= 4 is 6.29 Å². The van der Waals surface area contributed by atoms with Crippen LogP contribution in [-0.4, -0.2) is 153 Å². The fourth-order valence-electron chi connectivity index (χ4n) is 3.72. The van der Waals surface area contributed by atoms with Gasteiger partial charge in [0.2, 0.25) is 0 Å². The van der Waals surface area contributed by atoms with E-state index in [-0.39, 0.29) is 6.29 Å². The van der Waals surface area contributed by atoms with Gasteiger partial charge >= 0.3 is 0 Å². The molecule has 0 aliphatic carbocycles. The van der Waals surface area contributed by atoms with Crippen molar-refractivity contribution in [3.8, 4) is 0 Å². The van der Waals surface area contributed by atoms with Crippen LogP contribution in [-0.2, 0) is 23.7 Å². The normalized spacial score (nSPS) is 42.6. The Balaban J connectivity index is 2.17. The quantitative estimate of drug-likeness (QED) is 0.117. The van der Waals surface area contributed by atoms with Gasteiger partial charge in [-0.1, -0.05) is 0 Å². The van der Waals surface area contributed by atoms with Gasteiger partial charge in [0.15, 0.2) is 12.6 Å². The molecule has 2 fully saturated rings. The maximum Gasteiger partial charge on any atom is 0.176 e. The van der Waals surface area contributed by atoms with Crippen LogP contribution in [0.2, 0.25) is 0 Å². The Labute approximate surface area is 194 Å². The SMILES string of the molecule is N[C@H]1[C@H](O[C@H]2[C@H](O)[C@@H](N)[C@@H](O[C@H]([C@H](O)[C@@H](N)C=O)[C@H](O)CO)O[C@@H]2CO)O[C@H](CO)[C@@H](O)[C@@H]1O. The van der Waals surface area contributed by atoms with Crippen molar-refractivity contribution in [2.75, 3.05) is 19.8 Å². The molecule has 2 aliphatic heterocycles. The minimum atomic E-state index is -1.79. The summed E-state index contributed by atoms with van der Waals surface area (Å²) in [6.07, 6.45) is -16.7. The Morgan fingerprint density at radius 1 is 0.882 bits per heavy atom. The highest BCUT2D eigenvalue weighted by Gasteiger charge is 2.50. The van der Waals surface area contributed by atoms with E-state index in [1.54, 1.807) is 0 Å². The highest BCUT2D eigenvalue weighted by atomic mass is 16.7. The maximum atomic E-state index is 10.9. The van der Waals surface area contributed by atoms with Crippen LogP contribution >= 0.6 is 0 Å². The molecule has 2 saturated heterocycles. The number of carbonyl (C=O) groups excluding carboxylic acids is 1. The van der Waals surface area contributed by atoms with Crippen molar-refractivity contribution in [1.82, 2.24) is 0 Å². The van der Waals surface area contributed by atoms with Gasteiger partial charge in [-0.3, -0.25) is 0 Å². The summed E-state index contributed by atoms with van der Waals surface area (Å²) >= 11 is 0. The summed E-state index contributed by atoms with van der Waals surface area (Å²) < 4.78 is 21.9. The highest BCUT2D eigenvalue weighted by Crippen LogP contribution is 2.29. The van der Waals surface area contributed by atoms with Gasteiger partial charge in [0.25, 0.3) is 0 Å². The fourth-order valence-corrected chi connectivity index (χ4v) is 3.72. The van der Waals surface area contributed by atoms with E-state index in [1.165, 1.54) is 0 Å². The number of ether oxygens (including phenoxy) is 4. The highest BCUT2D eigenvalue weighted by molar-refractivity contribution is 5.58. The first kappa shape index (κ1) is 29.3. The molecule has 0 radical (unpaired) electrons. The second-order valence-corrected chi connectivity index (χ2v) is 8.23. The molecule has 16 heteroatoms. The summed E-state index contributed by atoms with van der Waals surface area (Å²) in [6.45, 7) is -2.31. The molecule has 0 bridgehead atoms. The summed E-state index contributed by atoms with van der Waals surface area (Å²) in [5.74, 6) is 0. The average molecular weight is 501 g/mol. The van der Waals surface area contributed by atoms with Crippen LogP contribution in [0.5, 0.6) is 0 Å². The number of aldehydes is 1. The molecule has 0 spiro atoms. The summed E-state index contributed by atoms with van der Waals surface area (Å²) in [4.78, 5) is 10.9. The van der Waals surface area contributed by atoms with Gasteiger partial charge in [0.05, 0.1) is 37.9 Å². The Morgan fingerprint density at radius 3 is 1.97 bits per heavy atom. The van der Waals surface area contributed by atoms with Crippen molar-refractivity contribution in [2.45, 2.75) is 85.6 Å². The van der Waals surface area contributed by atoms with E-state index in [4.69, 9.17) is 36.1 Å². The third-order valence-corrected chi connectivity index (χ3v) is 5.87. The third kappa shape index (κ3) is 6.25. The molecule has 14 N–H and O–H groups in total. The zero-order valence-electron chi connectivity index (χ0n) is 18.1. The van der Waals surface area contributed by atoms with Crippen LogP contribution in [0, 0.1) is 0 Å². The van der Waals surface area contributed by atoms with E-state index in [0.717, 1.165) is 0 Å². The van der Waals surface area contributed by atoms with Crippen LogP contribution in [0.4, 0.5) is 0 Å². The van der Waals surface area contributed by atoms with Gasteiger partial charge in [-0.25, -0.2) is 0 Å². The number of hydrogen-bond acceptors (Lipinski definition) is 16. The summed E-state index contributed by atoms with van der Waals surface area (Å²) in [5.41, 5.74) is 17.3. The average Bonchev–Trinajstić information content (AvgIpc) is 2.84. The molecule has 2 heterocycles. The molecule has 0 saturated carbocycles. The number of rotatable bonds is 11. The molecule has 0 aromatic rings. The zero-order valence-corrected chi connectivity index (χ0v) is 18.1. The molecule has 34 heavy (non-hydrogen) atoms. The first-order chi connectivity index (χ1) is 16.0. The topological polar surface area (TPSA) is 294 Å². The Kier molecular flexibility index (Phi) is 11.1. The largest absolute Gasteiger partial charge is 0.394 e. The summed E-state index contributed by atoms with van der Waals surface area (Å²) in [6, 6.07) is -4.23. The van der Waals surface area contributed by atoms with E-state index in [0.29, 0.717) is 0 Å². The van der Waals surface area contributed by atoms with Gasteiger partial charge in [-0.2, -0.15) is 0 Å². The van der Waals surface area contributed by atoms with Gasteiger partial charge in [-0.15, -0.1) is 0 Å². The number of aliphatic hydroxyl groups is 8. The zero-order chi connectivity index (χ0) is 25.7. The Bertz CT molecular complexity index is 632. The lowest BCUT2D eigenvalue weighted by molar-refractivity contribution is -0.338. The standard InChI is InChI=1S/C18H35N3O13/c19-5(1-22)11(27)15(6(26)2-23)33-18-10(21)14(30)16(8(4-25)32-18)34-17-9(20)13(29)12(28)7(3-24)31-17/h1,5-18,23-30H,2-4,19-21H2/t5-,6+,7+,8+,9+,10+,11+,12+,13+,14+,15-,16+,17-,18+/m0/s1. The van der Waals surface area contributed by atoms with Crippen LogP contribution in [0.15, 0.2) is 0 Å². The summed E-state index contributed by atoms with van der Waals surface area (Å²) in [7, 11) is 0. The maximum absolute atomic E-state index is 10.9. The molecule has 2 aliphatic rings. The minimum Gasteiger partial charge on any atom is -0.394 e. The molecular formula is C18H35N3O13. The van der Waals surface area contributed by atoms with Gasteiger partial charge in [-0.05, 0) is 0 Å². The van der Waals surface area contributed by atoms with E-state index in [9.17, 15) is 45.6 Å². The number of nitrogens with two attached hydrogens (primary N) is 3. The first-order valence-corrected chi connectivity index (χ1v) is 10.6. The number of aliphatic hydroxyl groups excluding tert-OH is 8. The Hall–Kier alpha value is -0.930. The van der Waals surface area contributed by atoms with Crippen molar-refractivity contribution < 1.29 is 64.6 Å². The molecule has 200 valence electrons. The molecule has 0 aromatic carbocycles. The number of carbonyl (C=O) groups is 1. The second kappa shape index (κ2) is 12.9. The van der Waals surface area contributed by atoms with Crippen molar-refractivity contribution in [3.05, 3.63) is 0 Å². The minimum absolute atomic E-state index is 0.195. The Morgan fingerprint density at radius 2 is 1.44 bits per heavy atom.